The Balaban J connectivity index is 1.85. The predicted octanol–water partition coefficient (Wildman–Crippen LogP) is 5.38. The van der Waals surface area contributed by atoms with Gasteiger partial charge in [-0.3, -0.25) is 14.3 Å². The van der Waals surface area contributed by atoms with Crippen LogP contribution in [0.1, 0.15) is 5.56 Å². The molecule has 0 aliphatic rings. The Morgan fingerprint density at radius 2 is 1.74 bits per heavy atom. The first kappa shape index (κ1) is 18.0. The highest BCUT2D eigenvalue weighted by atomic mass is 35.5. The normalized spacial score (nSPS) is 11.0. The van der Waals surface area contributed by atoms with Crippen molar-refractivity contribution in [1.82, 2.24) is 14.5 Å². The summed E-state index contributed by atoms with van der Waals surface area (Å²) < 4.78 is 1.57. The van der Waals surface area contributed by atoms with Gasteiger partial charge in [0.25, 0.3) is 5.56 Å². The average Bonchev–Trinajstić information content (AvgIpc) is 2.68. The summed E-state index contributed by atoms with van der Waals surface area (Å²) in [5.74, 6) is 0.490. The van der Waals surface area contributed by atoms with E-state index in [4.69, 9.17) is 28.2 Å². The second kappa shape index (κ2) is 7.72. The number of nitrogens with zero attached hydrogens (tertiary/aromatic N) is 3. The highest BCUT2D eigenvalue weighted by Gasteiger charge is 2.15. The lowest BCUT2D eigenvalue weighted by Crippen LogP contribution is -2.21. The van der Waals surface area contributed by atoms with Crippen molar-refractivity contribution in [3.63, 3.8) is 0 Å². The first-order chi connectivity index (χ1) is 13.1. The molecule has 0 atom stereocenters. The van der Waals surface area contributed by atoms with Crippen LogP contribution >= 0.6 is 35.0 Å². The topological polar surface area (TPSA) is 47.8 Å². The number of fused-ring (bicyclic) bond motifs is 1. The molecule has 0 fully saturated rings. The van der Waals surface area contributed by atoms with Crippen molar-refractivity contribution in [1.29, 1.82) is 0 Å². The van der Waals surface area contributed by atoms with Gasteiger partial charge in [-0.05, 0) is 42.0 Å². The van der Waals surface area contributed by atoms with E-state index in [0.29, 0.717) is 37.5 Å². The number of benzene rings is 2. The zero-order valence-electron chi connectivity index (χ0n) is 14.0. The van der Waals surface area contributed by atoms with Crippen molar-refractivity contribution >= 4 is 45.9 Å². The lowest BCUT2D eigenvalue weighted by Gasteiger charge is -2.13. The molecule has 4 nitrogen and oxygen atoms in total. The van der Waals surface area contributed by atoms with Crippen LogP contribution in [-0.4, -0.2) is 14.5 Å². The van der Waals surface area contributed by atoms with Crippen LogP contribution in [0.3, 0.4) is 0 Å². The minimum Gasteiger partial charge on any atom is -0.268 e. The fraction of sp³-hybridized carbons (Fsp3) is 0.0500. The molecule has 134 valence electrons. The van der Waals surface area contributed by atoms with Crippen LogP contribution in [0.15, 0.2) is 76.9 Å². The molecule has 27 heavy (non-hydrogen) atoms. The maximum atomic E-state index is 13.1. The van der Waals surface area contributed by atoms with Crippen molar-refractivity contribution in [2.75, 3.05) is 0 Å². The van der Waals surface area contributed by atoms with Gasteiger partial charge >= 0.3 is 0 Å². The maximum absolute atomic E-state index is 13.1. The summed E-state index contributed by atoms with van der Waals surface area (Å²) in [5.41, 5.74) is 1.98. The fourth-order valence-electron chi connectivity index (χ4n) is 2.73. The van der Waals surface area contributed by atoms with Gasteiger partial charge < -0.3 is 0 Å². The van der Waals surface area contributed by atoms with Crippen LogP contribution in [0, 0.1) is 0 Å². The number of pyridine rings is 1. The molecule has 0 N–H and O–H groups in total. The number of rotatable bonds is 4. The van der Waals surface area contributed by atoms with Crippen molar-refractivity contribution in [2.45, 2.75) is 10.9 Å². The van der Waals surface area contributed by atoms with E-state index in [0.717, 1.165) is 5.56 Å². The molecule has 4 rings (SSSR count). The molecule has 0 saturated heterocycles. The third kappa shape index (κ3) is 3.58. The van der Waals surface area contributed by atoms with E-state index < -0.39 is 0 Å². The molecule has 2 aromatic carbocycles. The van der Waals surface area contributed by atoms with E-state index >= 15 is 0 Å². The smallest absolute Gasteiger partial charge is 0.266 e. The molecule has 0 saturated carbocycles. The van der Waals surface area contributed by atoms with E-state index in [2.05, 4.69) is 4.98 Å². The van der Waals surface area contributed by atoms with Gasteiger partial charge in [0.15, 0.2) is 5.16 Å². The minimum absolute atomic E-state index is 0.138. The third-order valence-corrected chi connectivity index (χ3v) is 5.73. The molecule has 0 unspecified atom stereocenters. The number of thioether (sulfide) groups is 1. The Labute approximate surface area is 169 Å². The lowest BCUT2D eigenvalue weighted by molar-refractivity contribution is 0.815. The summed E-state index contributed by atoms with van der Waals surface area (Å²) in [5, 5.41) is 2.29. The molecule has 0 spiro atoms. The Bertz CT molecular complexity index is 1160. The number of para-hydroxylation sites is 1. The minimum atomic E-state index is -0.138. The highest BCUT2D eigenvalue weighted by molar-refractivity contribution is 7.98. The van der Waals surface area contributed by atoms with Gasteiger partial charge in [-0.1, -0.05) is 53.2 Å². The van der Waals surface area contributed by atoms with Gasteiger partial charge in [0.1, 0.15) is 0 Å². The second-order valence-electron chi connectivity index (χ2n) is 5.75. The molecule has 0 amide bonds. The van der Waals surface area contributed by atoms with E-state index in [9.17, 15) is 4.79 Å². The van der Waals surface area contributed by atoms with E-state index in [-0.39, 0.29) is 5.56 Å². The second-order valence-corrected chi connectivity index (χ2v) is 7.51. The third-order valence-electron chi connectivity index (χ3n) is 4.06. The van der Waals surface area contributed by atoms with Crippen LogP contribution in [0.5, 0.6) is 0 Å². The summed E-state index contributed by atoms with van der Waals surface area (Å²) >= 11 is 14.0. The van der Waals surface area contributed by atoms with Gasteiger partial charge in [0, 0.05) is 22.0 Å². The van der Waals surface area contributed by atoms with E-state index in [1.54, 1.807) is 47.3 Å². The monoisotopic (exact) mass is 413 g/mol. The largest absolute Gasteiger partial charge is 0.268 e. The summed E-state index contributed by atoms with van der Waals surface area (Å²) in [6.45, 7) is 0. The average molecular weight is 414 g/mol. The summed E-state index contributed by atoms with van der Waals surface area (Å²) in [6, 6.07) is 16.3. The Morgan fingerprint density at radius 1 is 0.963 bits per heavy atom. The first-order valence-corrected chi connectivity index (χ1v) is 9.87. The van der Waals surface area contributed by atoms with Crippen LogP contribution in [0.25, 0.3) is 16.6 Å². The van der Waals surface area contributed by atoms with Gasteiger partial charge in [0.05, 0.1) is 22.8 Å². The molecular formula is C20H13Cl2N3OS. The lowest BCUT2D eigenvalue weighted by atomic mass is 10.2. The van der Waals surface area contributed by atoms with Crippen molar-refractivity contribution in [3.05, 3.63) is 93.0 Å². The molecule has 0 aliphatic heterocycles. The van der Waals surface area contributed by atoms with Crippen LogP contribution in [0.2, 0.25) is 10.0 Å². The fourth-order valence-corrected chi connectivity index (χ4v) is 4.48. The van der Waals surface area contributed by atoms with Gasteiger partial charge in [-0.25, -0.2) is 4.98 Å². The number of halogens is 2. The van der Waals surface area contributed by atoms with Crippen LogP contribution in [-0.2, 0) is 5.75 Å². The zero-order chi connectivity index (χ0) is 18.8. The van der Waals surface area contributed by atoms with Crippen molar-refractivity contribution in [2.24, 2.45) is 0 Å². The molecule has 2 heterocycles. The van der Waals surface area contributed by atoms with E-state index in [1.807, 2.05) is 24.3 Å². The van der Waals surface area contributed by atoms with Gasteiger partial charge in [-0.15, -0.1) is 0 Å². The van der Waals surface area contributed by atoms with Crippen LogP contribution < -0.4 is 5.56 Å². The summed E-state index contributed by atoms with van der Waals surface area (Å²) in [6.07, 6.45) is 3.31. The van der Waals surface area contributed by atoms with Crippen molar-refractivity contribution < 1.29 is 0 Å². The number of hydrogen-bond donors (Lipinski definition) is 0. The quantitative estimate of drug-likeness (QED) is 0.332. The molecule has 7 heteroatoms. The summed E-state index contributed by atoms with van der Waals surface area (Å²) in [4.78, 5) is 22.0. The Kier molecular flexibility index (Phi) is 5.16. The number of hydrogen-bond acceptors (Lipinski definition) is 4. The standard InChI is InChI=1S/C20H13Cl2N3OS/c21-16-7-3-8-17(22)15(16)12-27-20-24-18-9-2-1-6-14(18)19(26)25(20)13-5-4-10-23-11-13/h1-11H,12H2. The maximum Gasteiger partial charge on any atom is 0.266 e. The molecule has 0 aliphatic carbocycles. The Morgan fingerprint density at radius 3 is 2.48 bits per heavy atom. The van der Waals surface area contributed by atoms with Gasteiger partial charge in [0.2, 0.25) is 0 Å². The van der Waals surface area contributed by atoms with Crippen molar-refractivity contribution in [3.8, 4) is 5.69 Å². The Hall–Kier alpha value is -2.34. The number of aromatic nitrogens is 3. The van der Waals surface area contributed by atoms with Crippen LogP contribution in [0.4, 0.5) is 0 Å². The predicted molar refractivity (Wildman–Crippen MR) is 111 cm³/mol. The molecule has 0 radical (unpaired) electrons. The highest BCUT2D eigenvalue weighted by Crippen LogP contribution is 2.31. The molecule has 0 bridgehead atoms. The van der Waals surface area contributed by atoms with E-state index in [1.165, 1.54) is 11.8 Å². The summed E-state index contributed by atoms with van der Waals surface area (Å²) in [7, 11) is 0. The molecule has 4 aromatic rings. The zero-order valence-corrected chi connectivity index (χ0v) is 16.3. The SMILES string of the molecule is O=c1c2ccccc2nc(SCc2c(Cl)cccc2Cl)n1-c1cccnc1. The first-order valence-electron chi connectivity index (χ1n) is 8.13. The van der Waals surface area contributed by atoms with Gasteiger partial charge in [-0.2, -0.15) is 0 Å². The molecule has 2 aromatic heterocycles. The molecular weight excluding hydrogens is 401 g/mol.